The lowest BCUT2D eigenvalue weighted by Crippen LogP contribution is -2.38. The molecule has 0 aromatic heterocycles. The maximum atomic E-state index is 3.51. The lowest BCUT2D eigenvalue weighted by molar-refractivity contribution is 1.58. The fourth-order valence-corrected chi connectivity index (χ4v) is 4.59. The van der Waals surface area contributed by atoms with Gasteiger partial charge >= 0.3 is 0 Å². The van der Waals surface area contributed by atoms with Gasteiger partial charge in [0.25, 0.3) is 0 Å². The monoisotopic (exact) mass is 322 g/mol. The molecule has 0 aliphatic heterocycles. The highest BCUT2D eigenvalue weighted by atomic mass is 28.3. The molecule has 0 N–H and O–H groups in total. The van der Waals surface area contributed by atoms with Crippen LogP contribution in [0, 0.1) is 11.5 Å². The summed E-state index contributed by atoms with van der Waals surface area (Å²) in [6.45, 7) is 14.1. The molecule has 0 saturated heterocycles. The number of hydrogen-bond donors (Lipinski definition) is 0. The van der Waals surface area contributed by atoms with Crippen LogP contribution in [0.1, 0.15) is 5.56 Å². The largest absolute Gasteiger partial charge is 0.129 e. The van der Waals surface area contributed by atoms with Crippen molar-refractivity contribution in [3.63, 3.8) is 0 Å². The Morgan fingerprint density at radius 2 is 1.23 bits per heavy atom. The fourth-order valence-electron chi connectivity index (χ4n) is 2.45. The topological polar surface area (TPSA) is 0 Å². The van der Waals surface area contributed by atoms with Crippen molar-refractivity contribution in [1.82, 2.24) is 0 Å². The minimum atomic E-state index is -1.38. The van der Waals surface area contributed by atoms with Crippen molar-refractivity contribution in [2.45, 2.75) is 39.3 Å². The van der Waals surface area contributed by atoms with Crippen LogP contribution < -0.4 is 5.19 Å². The van der Waals surface area contributed by atoms with E-state index in [1.807, 2.05) is 0 Å². The molecule has 0 radical (unpaired) electrons. The molecule has 0 atom stereocenters. The van der Waals surface area contributed by atoms with E-state index >= 15 is 0 Å². The number of rotatable bonds is 2. The lowest BCUT2D eigenvalue weighted by atomic mass is 10.0. The molecule has 2 aromatic rings. The quantitative estimate of drug-likeness (QED) is 0.531. The SMILES string of the molecule is C[Si](C)(C)C#Cc1ccccc1-c1ccccc1[Si](C)(C)C. The van der Waals surface area contributed by atoms with E-state index in [1.54, 1.807) is 0 Å². The minimum absolute atomic E-state index is 1.16. The summed E-state index contributed by atoms with van der Waals surface area (Å²) in [6.07, 6.45) is 0. The molecule has 0 heterocycles. The van der Waals surface area contributed by atoms with E-state index in [9.17, 15) is 0 Å². The summed E-state index contributed by atoms with van der Waals surface area (Å²) in [5.41, 5.74) is 7.32. The summed E-state index contributed by atoms with van der Waals surface area (Å²) >= 11 is 0. The molecule has 22 heavy (non-hydrogen) atoms. The standard InChI is InChI=1S/C20H26Si2/c1-21(2,3)16-15-17-11-7-8-12-18(17)19-13-9-10-14-20(19)22(4,5)6/h7-14H,1-6H3. The number of hydrogen-bond acceptors (Lipinski definition) is 0. The second kappa shape index (κ2) is 6.28. The summed E-state index contributed by atoms with van der Waals surface area (Å²) in [7, 11) is -2.75. The summed E-state index contributed by atoms with van der Waals surface area (Å²) in [5.74, 6) is 3.46. The van der Waals surface area contributed by atoms with Gasteiger partial charge in [0.2, 0.25) is 0 Å². The van der Waals surface area contributed by atoms with Gasteiger partial charge in [-0.2, -0.15) is 0 Å². The van der Waals surface area contributed by atoms with Crippen molar-refractivity contribution in [1.29, 1.82) is 0 Å². The highest BCUT2D eigenvalue weighted by molar-refractivity contribution is 6.89. The molecule has 0 aliphatic rings. The highest BCUT2D eigenvalue weighted by Gasteiger charge is 2.21. The van der Waals surface area contributed by atoms with Gasteiger partial charge in [-0.15, -0.1) is 5.54 Å². The summed E-state index contributed by atoms with van der Waals surface area (Å²) < 4.78 is 0. The van der Waals surface area contributed by atoms with Gasteiger partial charge in [-0.3, -0.25) is 0 Å². The first-order chi connectivity index (χ1) is 10.2. The van der Waals surface area contributed by atoms with Crippen LogP contribution in [0.5, 0.6) is 0 Å². The predicted molar refractivity (Wildman–Crippen MR) is 105 cm³/mol. The molecule has 0 fully saturated rings. The van der Waals surface area contributed by atoms with E-state index in [-0.39, 0.29) is 0 Å². The highest BCUT2D eigenvalue weighted by Crippen LogP contribution is 2.24. The van der Waals surface area contributed by atoms with E-state index in [4.69, 9.17) is 0 Å². The fraction of sp³-hybridized carbons (Fsp3) is 0.300. The van der Waals surface area contributed by atoms with Crippen molar-refractivity contribution in [3.05, 3.63) is 54.1 Å². The second-order valence-corrected chi connectivity index (χ2v) is 17.6. The first-order valence-corrected chi connectivity index (χ1v) is 14.9. The second-order valence-electron chi connectivity index (χ2n) is 7.84. The zero-order valence-corrected chi connectivity index (χ0v) is 16.6. The van der Waals surface area contributed by atoms with Gasteiger partial charge in [-0.05, 0) is 17.2 Å². The van der Waals surface area contributed by atoms with Crippen LogP contribution in [0.3, 0.4) is 0 Å². The zero-order valence-electron chi connectivity index (χ0n) is 14.6. The van der Waals surface area contributed by atoms with Gasteiger partial charge in [0.15, 0.2) is 0 Å². The summed E-state index contributed by atoms with van der Waals surface area (Å²) in [4.78, 5) is 0. The third-order valence-corrected chi connectivity index (χ3v) is 6.45. The maximum Gasteiger partial charge on any atom is 0.129 e. The van der Waals surface area contributed by atoms with Crippen molar-refractivity contribution in [2.75, 3.05) is 0 Å². The van der Waals surface area contributed by atoms with Gasteiger partial charge in [0.05, 0.1) is 8.07 Å². The Bertz CT molecular complexity index is 720. The molecule has 0 nitrogen and oxygen atoms in total. The lowest BCUT2D eigenvalue weighted by Gasteiger charge is -2.21. The molecule has 0 spiro atoms. The van der Waals surface area contributed by atoms with Crippen LogP contribution >= 0.6 is 0 Å². The van der Waals surface area contributed by atoms with Gasteiger partial charge in [-0.1, -0.05) is 92.9 Å². The maximum absolute atomic E-state index is 3.51. The molecule has 0 aliphatic carbocycles. The molecular formula is C20H26Si2. The first-order valence-electron chi connectivity index (χ1n) is 7.90. The van der Waals surface area contributed by atoms with Crippen molar-refractivity contribution < 1.29 is 0 Å². The predicted octanol–water partition coefficient (Wildman–Crippen LogP) is 5.13. The smallest absolute Gasteiger partial charge is 0.127 e. The van der Waals surface area contributed by atoms with Crippen molar-refractivity contribution >= 4 is 21.3 Å². The molecule has 0 bridgehead atoms. The van der Waals surface area contributed by atoms with E-state index in [1.165, 1.54) is 16.3 Å². The normalized spacial score (nSPS) is 11.7. The first kappa shape index (κ1) is 16.8. The third-order valence-electron chi connectivity index (χ3n) is 3.52. The summed E-state index contributed by atoms with van der Waals surface area (Å²) in [6, 6.07) is 17.4. The molecule has 0 amide bonds. The molecule has 0 saturated carbocycles. The van der Waals surface area contributed by atoms with Gasteiger partial charge in [-0.25, -0.2) is 0 Å². The van der Waals surface area contributed by atoms with Crippen LogP contribution in [0.2, 0.25) is 39.3 Å². The van der Waals surface area contributed by atoms with Crippen LogP contribution in [0.15, 0.2) is 48.5 Å². The van der Waals surface area contributed by atoms with Gasteiger partial charge in [0, 0.05) is 5.56 Å². The molecule has 114 valence electrons. The van der Waals surface area contributed by atoms with Crippen molar-refractivity contribution in [2.24, 2.45) is 0 Å². The van der Waals surface area contributed by atoms with Crippen molar-refractivity contribution in [3.8, 4) is 22.6 Å². The Kier molecular flexibility index (Phi) is 4.79. The van der Waals surface area contributed by atoms with Crippen LogP contribution in [-0.4, -0.2) is 16.1 Å². The van der Waals surface area contributed by atoms with E-state index in [0.29, 0.717) is 0 Å². The molecule has 2 heteroatoms. The van der Waals surface area contributed by atoms with E-state index in [0.717, 1.165) is 5.56 Å². The number of benzene rings is 2. The minimum Gasteiger partial charge on any atom is -0.127 e. The van der Waals surface area contributed by atoms with E-state index in [2.05, 4.69) is 99.3 Å². The Morgan fingerprint density at radius 3 is 1.82 bits per heavy atom. The van der Waals surface area contributed by atoms with Crippen LogP contribution in [0.25, 0.3) is 11.1 Å². The van der Waals surface area contributed by atoms with Gasteiger partial charge in [0.1, 0.15) is 8.07 Å². The van der Waals surface area contributed by atoms with E-state index < -0.39 is 16.1 Å². The molecule has 2 rings (SSSR count). The molecular weight excluding hydrogens is 296 g/mol. The Balaban J connectivity index is 2.63. The van der Waals surface area contributed by atoms with Crippen LogP contribution in [0.4, 0.5) is 0 Å². The Labute approximate surface area is 137 Å². The Morgan fingerprint density at radius 1 is 0.682 bits per heavy atom. The third kappa shape index (κ3) is 4.22. The van der Waals surface area contributed by atoms with Gasteiger partial charge < -0.3 is 0 Å². The zero-order chi connectivity index (χ0) is 16.4. The average molecular weight is 323 g/mol. The Hall–Kier alpha value is -1.57. The molecule has 0 unspecified atom stereocenters. The summed E-state index contributed by atoms with van der Waals surface area (Å²) in [5, 5.41) is 1.51. The van der Waals surface area contributed by atoms with Crippen LogP contribution in [-0.2, 0) is 0 Å². The average Bonchev–Trinajstić information content (AvgIpc) is 2.44. The molecule has 2 aromatic carbocycles.